The van der Waals surface area contributed by atoms with Crippen LogP contribution in [0.15, 0.2) is 28.4 Å². The Hall–Kier alpha value is -0.863. The lowest BCUT2D eigenvalue weighted by Gasteiger charge is -2.13. The molecule has 0 fully saturated rings. The fourth-order valence-electron chi connectivity index (χ4n) is 1.18. The molecule has 0 nitrogen and oxygen atoms in total. The van der Waals surface area contributed by atoms with E-state index in [9.17, 15) is 13.2 Å². The second kappa shape index (κ2) is 3.12. The quantitative estimate of drug-likeness (QED) is 0.347. The Kier molecular flexibility index (Phi) is 2.46. The third kappa shape index (κ3) is 2.08. The molecule has 70 valence electrons. The first-order chi connectivity index (χ1) is 5.82. The summed E-state index contributed by atoms with van der Waals surface area (Å²) in [4.78, 5) is 0. The number of hydrogen-bond donors (Lipinski definition) is 0. The Morgan fingerprint density at radius 1 is 1.15 bits per heavy atom. The summed E-state index contributed by atoms with van der Waals surface area (Å²) in [5, 5.41) is 0.00824. The summed E-state index contributed by atoms with van der Waals surface area (Å²) in [6.07, 6.45) is 0.677. The van der Waals surface area contributed by atoms with Gasteiger partial charge in [-0.3, -0.25) is 0 Å². The summed E-state index contributed by atoms with van der Waals surface area (Å²) < 4.78 is 38.7. The lowest BCUT2D eigenvalue weighted by Crippen LogP contribution is -2.26. The minimum Gasteiger partial charge on any atom is -0.175 e. The van der Waals surface area contributed by atoms with Gasteiger partial charge in [0.15, 0.2) is 8.07 Å². The smallest absolute Gasteiger partial charge is 0.175 e. The molecule has 1 aliphatic carbocycles. The van der Waals surface area contributed by atoms with E-state index in [1.807, 2.05) is 5.73 Å². The summed E-state index contributed by atoms with van der Waals surface area (Å²) in [5.74, 6) is -2.68. The van der Waals surface area contributed by atoms with E-state index in [1.54, 1.807) is 19.6 Å². The first-order valence-electron chi connectivity index (χ1n) is 3.89. The van der Waals surface area contributed by atoms with Gasteiger partial charge in [-0.25, -0.2) is 0 Å². The van der Waals surface area contributed by atoms with Crippen LogP contribution in [0.4, 0.5) is 13.2 Å². The van der Waals surface area contributed by atoms with Gasteiger partial charge >= 0.3 is 0 Å². The fraction of sp³-hybridized carbons (Fsp3) is 0.333. The van der Waals surface area contributed by atoms with Gasteiger partial charge in [0.1, 0.15) is 17.3 Å². The van der Waals surface area contributed by atoms with Crippen molar-refractivity contribution in [3.63, 3.8) is 0 Å². The highest BCUT2D eigenvalue weighted by molar-refractivity contribution is 6.84. The Morgan fingerprint density at radius 2 is 1.69 bits per heavy atom. The first kappa shape index (κ1) is 10.2. The molecule has 4 heteroatoms. The molecule has 0 N–H and O–H groups in total. The second-order valence-corrected chi connectivity index (χ2v) is 8.90. The van der Waals surface area contributed by atoms with E-state index in [2.05, 4.69) is 0 Å². The molecule has 0 spiro atoms. The van der Waals surface area contributed by atoms with Crippen LogP contribution in [-0.4, -0.2) is 8.07 Å². The van der Waals surface area contributed by atoms with Crippen molar-refractivity contribution in [1.29, 1.82) is 0 Å². The Bertz CT molecular complexity index is 327. The van der Waals surface area contributed by atoms with Crippen molar-refractivity contribution < 1.29 is 13.2 Å². The third-order valence-corrected chi connectivity index (χ3v) is 3.65. The summed E-state index contributed by atoms with van der Waals surface area (Å²) >= 11 is 0. The van der Waals surface area contributed by atoms with Crippen molar-refractivity contribution in [2.24, 2.45) is 0 Å². The third-order valence-electron chi connectivity index (χ3n) is 1.69. The molecular formula is C9H10F3Si+. The molecule has 0 saturated carbocycles. The van der Waals surface area contributed by atoms with Crippen molar-refractivity contribution in [2.45, 2.75) is 19.6 Å². The molecular weight excluding hydrogens is 193 g/mol. The second-order valence-electron chi connectivity index (χ2n) is 3.90. The van der Waals surface area contributed by atoms with E-state index in [4.69, 9.17) is 0 Å². The van der Waals surface area contributed by atoms with Crippen LogP contribution >= 0.6 is 0 Å². The Labute approximate surface area is 76.5 Å². The van der Waals surface area contributed by atoms with E-state index in [0.717, 1.165) is 0 Å². The normalized spacial score (nSPS) is 18.0. The van der Waals surface area contributed by atoms with Gasteiger partial charge in [0.05, 0.1) is 0 Å². The average molecular weight is 203 g/mol. The van der Waals surface area contributed by atoms with Crippen LogP contribution < -0.4 is 0 Å². The van der Waals surface area contributed by atoms with Crippen LogP contribution in [0.1, 0.15) is 0 Å². The van der Waals surface area contributed by atoms with Crippen LogP contribution in [-0.2, 0) is 0 Å². The first-order valence-corrected chi connectivity index (χ1v) is 7.39. The Balaban J connectivity index is 3.25. The molecule has 0 aromatic heterocycles. The molecule has 0 unspecified atom stereocenters. The van der Waals surface area contributed by atoms with Crippen LogP contribution in [0.3, 0.4) is 0 Å². The molecule has 0 amide bonds. The SMILES string of the molecule is C[Si](C)(C)C1=C(F)[CH+]C(F)=C=C1F. The monoisotopic (exact) mass is 203 g/mol. The molecule has 0 heterocycles. The van der Waals surface area contributed by atoms with Gasteiger partial charge in [0.25, 0.3) is 11.7 Å². The van der Waals surface area contributed by atoms with Gasteiger partial charge < -0.3 is 0 Å². The number of hydrogen-bond acceptors (Lipinski definition) is 0. The van der Waals surface area contributed by atoms with Crippen molar-refractivity contribution in [3.8, 4) is 0 Å². The van der Waals surface area contributed by atoms with Crippen LogP contribution in [0.5, 0.6) is 0 Å². The molecule has 1 rings (SSSR count). The van der Waals surface area contributed by atoms with Gasteiger partial charge in [-0.2, -0.15) is 13.2 Å². The highest BCUT2D eigenvalue weighted by atomic mass is 28.3. The molecule has 0 aromatic carbocycles. The highest BCUT2D eigenvalue weighted by Gasteiger charge is 2.38. The maximum absolute atomic E-state index is 13.1. The van der Waals surface area contributed by atoms with Gasteiger partial charge in [-0.1, -0.05) is 19.6 Å². The molecule has 0 aliphatic heterocycles. The van der Waals surface area contributed by atoms with Gasteiger partial charge in [0, 0.05) is 0 Å². The largest absolute Gasteiger partial charge is 0.291 e. The van der Waals surface area contributed by atoms with Crippen LogP contribution in [0.2, 0.25) is 19.6 Å². The van der Waals surface area contributed by atoms with Crippen molar-refractivity contribution in [2.75, 3.05) is 0 Å². The molecule has 0 aromatic rings. The number of halogens is 3. The maximum Gasteiger partial charge on any atom is 0.291 e. The molecule has 1 aliphatic rings. The fourth-order valence-corrected chi connectivity index (χ4v) is 2.69. The Morgan fingerprint density at radius 3 is 2.08 bits per heavy atom. The molecule has 0 bridgehead atoms. The topological polar surface area (TPSA) is 0 Å². The minimum atomic E-state index is -2.09. The summed E-state index contributed by atoms with van der Waals surface area (Å²) in [6.45, 7) is 5.38. The zero-order valence-electron chi connectivity index (χ0n) is 7.71. The van der Waals surface area contributed by atoms with Crippen molar-refractivity contribution in [3.05, 3.63) is 34.8 Å². The van der Waals surface area contributed by atoms with Crippen LogP contribution in [0.25, 0.3) is 0 Å². The molecule has 0 atom stereocenters. The predicted molar refractivity (Wildman–Crippen MR) is 48.5 cm³/mol. The standard InChI is InChI=1S/C9H10F3Si/c1-13(2,3)9-7(11)4-6(10)5-8(9)12/h4H,1-3H3/q+1. The van der Waals surface area contributed by atoms with E-state index in [-0.39, 0.29) is 5.20 Å². The van der Waals surface area contributed by atoms with E-state index in [0.29, 0.717) is 6.42 Å². The number of allylic oxidation sites excluding steroid dienone is 3. The van der Waals surface area contributed by atoms with Crippen LogP contribution in [0, 0.1) is 6.42 Å². The van der Waals surface area contributed by atoms with Gasteiger partial charge in [0.2, 0.25) is 5.83 Å². The van der Waals surface area contributed by atoms with Crippen molar-refractivity contribution in [1.82, 2.24) is 0 Å². The maximum atomic E-state index is 13.1. The molecule has 0 saturated heterocycles. The lowest BCUT2D eigenvalue weighted by molar-refractivity contribution is 0.569. The van der Waals surface area contributed by atoms with E-state index in [1.165, 1.54) is 0 Å². The number of rotatable bonds is 1. The van der Waals surface area contributed by atoms with Crippen molar-refractivity contribution >= 4 is 8.07 Å². The summed E-state index contributed by atoms with van der Waals surface area (Å²) in [7, 11) is -2.09. The summed E-state index contributed by atoms with van der Waals surface area (Å²) in [6, 6.07) is 0. The molecule has 0 radical (unpaired) electrons. The zero-order chi connectivity index (χ0) is 10.2. The van der Waals surface area contributed by atoms with E-state index < -0.39 is 25.6 Å². The van der Waals surface area contributed by atoms with Gasteiger partial charge in [-0.15, -0.1) is 0 Å². The minimum absolute atomic E-state index is 0.00824. The average Bonchev–Trinajstić information content (AvgIpc) is 1.78. The molecule has 13 heavy (non-hydrogen) atoms. The highest BCUT2D eigenvalue weighted by Crippen LogP contribution is 2.33. The van der Waals surface area contributed by atoms with E-state index >= 15 is 0 Å². The predicted octanol–water partition coefficient (Wildman–Crippen LogP) is 3.61. The van der Waals surface area contributed by atoms with Gasteiger partial charge in [-0.05, 0) is 0 Å². The zero-order valence-corrected chi connectivity index (χ0v) is 8.71. The summed E-state index contributed by atoms with van der Waals surface area (Å²) in [5.41, 5.74) is 1.85. The lowest BCUT2D eigenvalue weighted by atomic mass is 10.2.